The Balaban J connectivity index is 1.70. The SMILES string of the molecule is CN(c1ccc(C(=O)Nc2ccc(S(=O)(=O)Nc3cc(Cl)cc(Cl)c3)cc2)cc1)S(C)(=O)=O. The van der Waals surface area contributed by atoms with E-state index >= 15 is 0 Å². The van der Waals surface area contributed by atoms with Crippen LogP contribution in [0, 0.1) is 0 Å². The highest BCUT2D eigenvalue weighted by Crippen LogP contribution is 2.25. The van der Waals surface area contributed by atoms with E-state index < -0.39 is 26.0 Å². The van der Waals surface area contributed by atoms with Crippen molar-refractivity contribution in [2.45, 2.75) is 4.90 Å². The lowest BCUT2D eigenvalue weighted by atomic mass is 10.2. The molecule has 0 atom stereocenters. The zero-order valence-corrected chi connectivity index (χ0v) is 20.6. The van der Waals surface area contributed by atoms with Crippen molar-refractivity contribution in [3.63, 3.8) is 0 Å². The van der Waals surface area contributed by atoms with Gasteiger partial charge >= 0.3 is 0 Å². The fourth-order valence-corrected chi connectivity index (χ4v) is 4.83. The molecular weight excluding hydrogens is 509 g/mol. The maximum atomic E-state index is 12.6. The van der Waals surface area contributed by atoms with Gasteiger partial charge in [0.05, 0.1) is 22.5 Å². The summed E-state index contributed by atoms with van der Waals surface area (Å²) in [6.45, 7) is 0. The van der Waals surface area contributed by atoms with Crippen LogP contribution in [0.1, 0.15) is 10.4 Å². The van der Waals surface area contributed by atoms with Gasteiger partial charge in [0, 0.05) is 28.3 Å². The van der Waals surface area contributed by atoms with E-state index in [1.807, 2.05) is 0 Å². The first-order chi connectivity index (χ1) is 15.3. The molecule has 2 N–H and O–H groups in total. The molecule has 0 aliphatic heterocycles. The quantitative estimate of drug-likeness (QED) is 0.471. The van der Waals surface area contributed by atoms with E-state index in [1.54, 1.807) is 0 Å². The zero-order chi connectivity index (χ0) is 24.4. The molecule has 8 nitrogen and oxygen atoms in total. The Morgan fingerprint density at radius 1 is 0.818 bits per heavy atom. The standard InChI is InChI=1S/C21H19Cl2N3O5S2/c1-26(32(2,28)29)19-7-3-14(4-8-19)21(27)24-17-5-9-20(10-6-17)33(30,31)25-18-12-15(22)11-16(23)13-18/h3-13,25H,1-2H3,(H,24,27). The van der Waals surface area contributed by atoms with Crippen LogP contribution < -0.4 is 14.3 Å². The Morgan fingerprint density at radius 2 is 1.36 bits per heavy atom. The molecule has 3 aromatic rings. The lowest BCUT2D eigenvalue weighted by Gasteiger charge is -2.16. The molecule has 0 aromatic heterocycles. The zero-order valence-electron chi connectivity index (χ0n) is 17.4. The molecule has 3 rings (SSSR count). The van der Waals surface area contributed by atoms with Gasteiger partial charge in [0.2, 0.25) is 10.0 Å². The predicted molar refractivity (Wildman–Crippen MR) is 131 cm³/mol. The van der Waals surface area contributed by atoms with Gasteiger partial charge in [-0.2, -0.15) is 0 Å². The van der Waals surface area contributed by atoms with Crippen molar-refractivity contribution in [1.29, 1.82) is 0 Å². The maximum absolute atomic E-state index is 12.6. The molecule has 3 aromatic carbocycles. The fourth-order valence-electron chi connectivity index (χ4n) is 2.76. The number of amides is 1. The van der Waals surface area contributed by atoms with Crippen molar-refractivity contribution in [1.82, 2.24) is 0 Å². The van der Waals surface area contributed by atoms with E-state index in [2.05, 4.69) is 10.0 Å². The Morgan fingerprint density at radius 3 is 1.88 bits per heavy atom. The van der Waals surface area contributed by atoms with Crippen molar-refractivity contribution >= 4 is 66.2 Å². The minimum absolute atomic E-state index is 0.0234. The number of hydrogen-bond acceptors (Lipinski definition) is 5. The van der Waals surface area contributed by atoms with Gasteiger partial charge in [-0.05, 0) is 66.7 Å². The van der Waals surface area contributed by atoms with Crippen LogP contribution in [-0.4, -0.2) is 36.0 Å². The normalized spacial score (nSPS) is 11.6. The number of nitrogens with zero attached hydrogens (tertiary/aromatic N) is 1. The topological polar surface area (TPSA) is 113 Å². The largest absolute Gasteiger partial charge is 0.322 e. The summed E-state index contributed by atoms with van der Waals surface area (Å²) in [4.78, 5) is 12.5. The van der Waals surface area contributed by atoms with Gasteiger partial charge in [0.15, 0.2) is 0 Å². The molecule has 0 saturated heterocycles. The first-order valence-corrected chi connectivity index (χ1v) is 13.4. The first kappa shape index (κ1) is 24.8. The summed E-state index contributed by atoms with van der Waals surface area (Å²) in [7, 11) is -5.90. The Labute approximate surface area is 202 Å². The second-order valence-electron chi connectivity index (χ2n) is 7.02. The number of halogens is 2. The van der Waals surface area contributed by atoms with Crippen LogP contribution in [0.5, 0.6) is 0 Å². The molecule has 33 heavy (non-hydrogen) atoms. The molecule has 0 fully saturated rings. The number of carbonyl (C=O) groups excluding carboxylic acids is 1. The average molecular weight is 528 g/mol. The van der Waals surface area contributed by atoms with Crippen molar-refractivity contribution in [2.24, 2.45) is 0 Å². The molecular formula is C21H19Cl2N3O5S2. The monoisotopic (exact) mass is 527 g/mol. The second-order valence-corrected chi connectivity index (χ2v) is 11.6. The summed E-state index contributed by atoms with van der Waals surface area (Å²) >= 11 is 11.8. The predicted octanol–water partition coefficient (Wildman–Crippen LogP) is 4.44. The van der Waals surface area contributed by atoms with Crippen molar-refractivity contribution in [2.75, 3.05) is 27.6 Å². The van der Waals surface area contributed by atoms with Crippen LogP contribution in [0.25, 0.3) is 0 Å². The van der Waals surface area contributed by atoms with Gasteiger partial charge in [-0.1, -0.05) is 23.2 Å². The molecule has 1 amide bonds. The lowest BCUT2D eigenvalue weighted by molar-refractivity contribution is 0.102. The van der Waals surface area contributed by atoms with Crippen LogP contribution >= 0.6 is 23.2 Å². The number of nitrogens with one attached hydrogen (secondary N) is 2. The molecule has 0 bridgehead atoms. The van der Waals surface area contributed by atoms with Crippen LogP contribution in [0.15, 0.2) is 71.6 Å². The van der Waals surface area contributed by atoms with Crippen molar-refractivity contribution in [3.05, 3.63) is 82.3 Å². The molecule has 0 unspecified atom stereocenters. The first-order valence-electron chi connectivity index (χ1n) is 9.29. The summed E-state index contributed by atoms with van der Waals surface area (Å²) in [5.41, 5.74) is 1.31. The third kappa shape index (κ3) is 6.38. The van der Waals surface area contributed by atoms with Gasteiger partial charge in [-0.15, -0.1) is 0 Å². The van der Waals surface area contributed by atoms with E-state index in [1.165, 1.54) is 73.8 Å². The molecule has 0 heterocycles. The fraction of sp³-hybridized carbons (Fsp3) is 0.0952. The van der Waals surface area contributed by atoms with E-state index in [-0.39, 0.29) is 20.6 Å². The minimum Gasteiger partial charge on any atom is -0.322 e. The lowest BCUT2D eigenvalue weighted by Crippen LogP contribution is -2.24. The summed E-state index contributed by atoms with van der Waals surface area (Å²) in [6.07, 6.45) is 1.08. The molecule has 0 aliphatic rings. The van der Waals surface area contributed by atoms with Gasteiger partial charge < -0.3 is 5.32 Å². The van der Waals surface area contributed by atoms with Gasteiger partial charge in [0.1, 0.15) is 0 Å². The summed E-state index contributed by atoms with van der Waals surface area (Å²) in [6, 6.07) is 15.9. The van der Waals surface area contributed by atoms with Crippen LogP contribution in [0.2, 0.25) is 10.0 Å². The Kier molecular flexibility index (Phi) is 7.23. The van der Waals surface area contributed by atoms with Gasteiger partial charge in [-0.25, -0.2) is 16.8 Å². The molecule has 0 radical (unpaired) electrons. The highest BCUT2D eigenvalue weighted by atomic mass is 35.5. The van der Waals surface area contributed by atoms with Crippen molar-refractivity contribution in [3.8, 4) is 0 Å². The number of sulfonamides is 2. The van der Waals surface area contributed by atoms with Crippen molar-refractivity contribution < 1.29 is 21.6 Å². The Hall–Kier alpha value is -2.79. The average Bonchev–Trinajstić information content (AvgIpc) is 2.72. The highest BCUT2D eigenvalue weighted by Gasteiger charge is 2.16. The molecule has 0 aliphatic carbocycles. The number of rotatable bonds is 7. The molecule has 0 spiro atoms. The van der Waals surface area contributed by atoms with E-state index in [0.717, 1.165) is 10.6 Å². The third-order valence-electron chi connectivity index (χ3n) is 4.53. The van der Waals surface area contributed by atoms with Crippen LogP contribution in [-0.2, 0) is 20.0 Å². The summed E-state index contributed by atoms with van der Waals surface area (Å²) in [5.74, 6) is -0.439. The summed E-state index contributed by atoms with van der Waals surface area (Å²) in [5, 5.41) is 3.23. The highest BCUT2D eigenvalue weighted by molar-refractivity contribution is 7.92. The number of hydrogen-bond donors (Lipinski definition) is 2. The second kappa shape index (κ2) is 9.60. The van der Waals surface area contributed by atoms with E-state index in [9.17, 15) is 21.6 Å². The summed E-state index contributed by atoms with van der Waals surface area (Å²) < 4.78 is 51.9. The molecule has 12 heteroatoms. The number of benzene rings is 3. The minimum atomic E-state index is -3.90. The van der Waals surface area contributed by atoms with E-state index in [4.69, 9.17) is 23.2 Å². The van der Waals surface area contributed by atoms with Crippen LogP contribution in [0.4, 0.5) is 17.1 Å². The van der Waals surface area contributed by atoms with Gasteiger partial charge in [0.25, 0.3) is 15.9 Å². The van der Waals surface area contributed by atoms with Crippen LogP contribution in [0.3, 0.4) is 0 Å². The number of carbonyl (C=O) groups is 1. The molecule has 174 valence electrons. The third-order valence-corrected chi connectivity index (χ3v) is 7.57. The maximum Gasteiger partial charge on any atom is 0.261 e. The van der Waals surface area contributed by atoms with E-state index in [0.29, 0.717) is 16.9 Å². The molecule has 0 saturated carbocycles. The van der Waals surface area contributed by atoms with Gasteiger partial charge in [-0.3, -0.25) is 13.8 Å². The number of anilines is 3. The Bertz CT molecular complexity index is 1370. The smallest absolute Gasteiger partial charge is 0.261 e.